The summed E-state index contributed by atoms with van der Waals surface area (Å²) in [6.07, 6.45) is -0.0817. The van der Waals surface area contributed by atoms with E-state index in [0.29, 0.717) is 18.7 Å². The van der Waals surface area contributed by atoms with Gasteiger partial charge in [0, 0.05) is 47.6 Å². The zero-order valence-corrected chi connectivity index (χ0v) is 31.6. The Hall–Kier alpha value is -3.78. The van der Waals surface area contributed by atoms with Gasteiger partial charge in [-0.1, -0.05) is 52.7 Å². The molecule has 0 radical (unpaired) electrons. The molecule has 0 unspecified atom stereocenters. The summed E-state index contributed by atoms with van der Waals surface area (Å²) in [5.41, 5.74) is -1.41. The van der Waals surface area contributed by atoms with Gasteiger partial charge in [-0.25, -0.2) is 4.79 Å². The van der Waals surface area contributed by atoms with Crippen molar-refractivity contribution in [2.24, 2.45) is 10.8 Å². The second-order valence-electron chi connectivity index (χ2n) is 16.5. The van der Waals surface area contributed by atoms with E-state index in [4.69, 9.17) is 14.7 Å². The molecule has 280 valence electrons. The lowest BCUT2D eigenvalue weighted by molar-refractivity contribution is -0.164. The number of unbranched alkanes of at least 4 members (excludes halogenated alkanes) is 3. The molecule has 1 N–H and O–H groups in total. The van der Waals surface area contributed by atoms with Gasteiger partial charge < -0.3 is 19.7 Å². The van der Waals surface area contributed by atoms with Gasteiger partial charge in [0.05, 0.1) is 17.2 Å². The van der Waals surface area contributed by atoms with Crippen molar-refractivity contribution in [1.29, 1.82) is 5.26 Å². The van der Waals surface area contributed by atoms with E-state index in [1.54, 1.807) is 6.07 Å². The van der Waals surface area contributed by atoms with Gasteiger partial charge in [-0.05, 0) is 96.3 Å². The largest absolute Gasteiger partial charge is 0.489 e. The molecule has 1 saturated heterocycles. The first-order chi connectivity index (χ1) is 23.6. The van der Waals surface area contributed by atoms with Crippen molar-refractivity contribution >= 4 is 12.0 Å². The summed E-state index contributed by atoms with van der Waals surface area (Å²) in [5, 5.41) is 12.3. The molecule has 2 amide bonds. The molecule has 0 aromatic heterocycles. The highest BCUT2D eigenvalue weighted by Gasteiger charge is 2.64. The Labute approximate surface area is 301 Å². The van der Waals surface area contributed by atoms with Crippen LogP contribution in [0.25, 0.3) is 0 Å². The second-order valence-corrected chi connectivity index (χ2v) is 16.5. The maximum absolute atomic E-state index is 13.5. The van der Waals surface area contributed by atoms with Crippen LogP contribution in [0.1, 0.15) is 115 Å². The average molecular weight is 713 g/mol. The molecule has 4 rings (SSSR count). The number of amides is 2. The van der Waals surface area contributed by atoms with Gasteiger partial charge in [-0.3, -0.25) is 9.69 Å². The monoisotopic (exact) mass is 712 g/mol. The smallest absolute Gasteiger partial charge is 0.417 e. The number of alkyl halides is 3. The van der Waals surface area contributed by atoms with Crippen LogP contribution in [-0.4, -0.2) is 71.3 Å². The SMILES string of the molecule is C[C@@H]1CN(C(=O)OC(C)(C)C)C[C@H](C)N1CCCCCCc1ccc(C(=O)NC2C(C)(C)C(Oc3ccc(C#N)c(C(F)(F)F)c3)C2(C)C)cc1. The molecule has 1 heterocycles. The molecule has 2 aliphatic rings. The number of halogens is 3. The summed E-state index contributed by atoms with van der Waals surface area (Å²) < 4.78 is 52.2. The first-order valence-corrected chi connectivity index (χ1v) is 18.1. The number of carbonyl (C=O) groups excluding carboxylic acids is 2. The van der Waals surface area contributed by atoms with Gasteiger partial charge in [0.2, 0.25) is 0 Å². The molecular formula is C40H55F3N4O4. The maximum atomic E-state index is 13.5. The maximum Gasteiger partial charge on any atom is 0.417 e. The lowest BCUT2D eigenvalue weighted by Gasteiger charge is -2.63. The molecule has 2 aromatic rings. The van der Waals surface area contributed by atoms with Crippen LogP contribution in [0.3, 0.4) is 0 Å². The van der Waals surface area contributed by atoms with Gasteiger partial charge in [0.1, 0.15) is 17.5 Å². The van der Waals surface area contributed by atoms with E-state index in [2.05, 4.69) is 24.1 Å². The van der Waals surface area contributed by atoms with Crippen molar-refractivity contribution in [1.82, 2.24) is 15.1 Å². The van der Waals surface area contributed by atoms with Crippen LogP contribution in [0.5, 0.6) is 5.75 Å². The Balaban J connectivity index is 1.21. The molecule has 2 atom stereocenters. The van der Waals surface area contributed by atoms with Gasteiger partial charge in [0.15, 0.2) is 0 Å². The van der Waals surface area contributed by atoms with Crippen LogP contribution in [0.2, 0.25) is 0 Å². The first kappa shape index (κ1) is 40.0. The van der Waals surface area contributed by atoms with Gasteiger partial charge in [-0.15, -0.1) is 0 Å². The Morgan fingerprint density at radius 3 is 2.06 bits per heavy atom. The molecule has 0 bridgehead atoms. The number of carbonyl (C=O) groups is 2. The predicted molar refractivity (Wildman–Crippen MR) is 191 cm³/mol. The normalized spacial score (nSPS) is 23.2. The van der Waals surface area contributed by atoms with Crippen LogP contribution in [0.15, 0.2) is 42.5 Å². The highest BCUT2D eigenvalue weighted by atomic mass is 19.4. The predicted octanol–water partition coefficient (Wildman–Crippen LogP) is 8.62. The van der Waals surface area contributed by atoms with Crippen molar-refractivity contribution in [3.05, 3.63) is 64.7 Å². The summed E-state index contributed by atoms with van der Waals surface area (Å²) in [6, 6.07) is 12.9. The third-order valence-electron chi connectivity index (χ3n) is 10.4. The minimum absolute atomic E-state index is 0.0345. The number of rotatable bonds is 11. The highest BCUT2D eigenvalue weighted by Crippen LogP contribution is 2.55. The van der Waals surface area contributed by atoms with Crippen molar-refractivity contribution in [3.63, 3.8) is 0 Å². The average Bonchev–Trinajstić information content (AvgIpc) is 3.03. The Bertz CT molecular complexity index is 1550. The number of hydrogen-bond acceptors (Lipinski definition) is 6. The minimum atomic E-state index is -4.68. The molecular weight excluding hydrogens is 657 g/mol. The number of piperazine rings is 1. The molecule has 1 aliphatic carbocycles. The van der Waals surface area contributed by atoms with E-state index in [1.165, 1.54) is 11.6 Å². The zero-order valence-electron chi connectivity index (χ0n) is 31.6. The molecule has 51 heavy (non-hydrogen) atoms. The van der Waals surface area contributed by atoms with Gasteiger partial charge in [0.25, 0.3) is 5.91 Å². The van der Waals surface area contributed by atoms with Crippen LogP contribution >= 0.6 is 0 Å². The van der Waals surface area contributed by atoms with Crippen molar-refractivity contribution in [2.45, 2.75) is 130 Å². The highest BCUT2D eigenvalue weighted by molar-refractivity contribution is 5.94. The van der Waals surface area contributed by atoms with E-state index in [9.17, 15) is 22.8 Å². The van der Waals surface area contributed by atoms with Crippen LogP contribution in [-0.2, 0) is 17.3 Å². The fraction of sp³-hybridized carbons (Fsp3) is 0.625. The Morgan fingerprint density at radius 2 is 1.51 bits per heavy atom. The zero-order chi connectivity index (χ0) is 37.9. The summed E-state index contributed by atoms with van der Waals surface area (Å²) in [7, 11) is 0. The fourth-order valence-electron chi connectivity index (χ4n) is 8.15. The van der Waals surface area contributed by atoms with E-state index in [1.807, 2.05) is 77.6 Å². The van der Waals surface area contributed by atoms with Gasteiger partial charge >= 0.3 is 12.3 Å². The third kappa shape index (κ3) is 9.56. The molecule has 0 spiro atoms. The van der Waals surface area contributed by atoms with Crippen molar-refractivity contribution in [2.75, 3.05) is 19.6 Å². The number of nitriles is 1. The molecule has 2 aromatic carbocycles. The number of ether oxygens (including phenoxy) is 2. The quantitative estimate of drug-likeness (QED) is 0.235. The number of benzene rings is 2. The summed E-state index contributed by atoms with van der Waals surface area (Å²) in [4.78, 5) is 30.2. The number of nitrogens with one attached hydrogen (secondary N) is 1. The number of nitrogens with zero attached hydrogens (tertiary/aromatic N) is 3. The van der Waals surface area contributed by atoms with Crippen molar-refractivity contribution in [3.8, 4) is 11.8 Å². The van der Waals surface area contributed by atoms with E-state index >= 15 is 0 Å². The van der Waals surface area contributed by atoms with Crippen LogP contribution < -0.4 is 10.1 Å². The fourth-order valence-corrected chi connectivity index (χ4v) is 8.15. The second kappa shape index (κ2) is 15.4. The van der Waals surface area contributed by atoms with Gasteiger partial charge in [-0.2, -0.15) is 18.4 Å². The summed E-state index contributed by atoms with van der Waals surface area (Å²) in [6.45, 7) is 20.1. The molecule has 8 nitrogen and oxygen atoms in total. The minimum Gasteiger partial charge on any atom is -0.489 e. The summed E-state index contributed by atoms with van der Waals surface area (Å²) >= 11 is 0. The number of aryl methyl sites for hydroxylation is 1. The van der Waals surface area contributed by atoms with Crippen LogP contribution in [0, 0.1) is 22.2 Å². The lowest BCUT2D eigenvalue weighted by Crippen LogP contribution is -2.74. The van der Waals surface area contributed by atoms with Crippen molar-refractivity contribution < 1.29 is 32.2 Å². The third-order valence-corrected chi connectivity index (χ3v) is 10.4. The molecule has 1 aliphatic heterocycles. The molecule has 1 saturated carbocycles. The van der Waals surface area contributed by atoms with E-state index < -0.39 is 39.8 Å². The van der Waals surface area contributed by atoms with E-state index in [0.717, 1.165) is 50.8 Å². The van der Waals surface area contributed by atoms with Crippen LogP contribution in [0.4, 0.5) is 18.0 Å². The first-order valence-electron chi connectivity index (χ1n) is 18.1. The standard InChI is InChI=1S/C40H55F3N4O4/c1-26-24-46(36(49)51-37(3,4)5)25-27(2)47(26)21-13-11-10-12-14-28-15-17-29(18-16-28)33(48)45-34-38(6,7)35(39(34,8)9)50-31-20-19-30(23-44)32(22-31)40(41,42)43/h15-20,22,26-27,34-35H,10-14,21,24-25H2,1-9H3,(H,45,48)/t26-,27+,34?,35?. The van der Waals surface area contributed by atoms with E-state index in [-0.39, 0.29) is 35.9 Å². The molecule has 11 heteroatoms. The summed E-state index contributed by atoms with van der Waals surface area (Å²) in [5.74, 6) is -0.175. The Kier molecular flexibility index (Phi) is 12.1. The number of hydrogen-bond donors (Lipinski definition) is 1. The Morgan fingerprint density at radius 1 is 0.922 bits per heavy atom. The molecule has 2 fully saturated rings. The lowest BCUT2D eigenvalue weighted by atomic mass is 9.49. The topological polar surface area (TPSA) is 94.9 Å².